The quantitative estimate of drug-likeness (QED) is 0.683. The summed E-state index contributed by atoms with van der Waals surface area (Å²) in [5.74, 6) is 0.631. The molecule has 152 valence electrons. The van der Waals surface area contributed by atoms with Crippen LogP contribution in [0.5, 0.6) is 11.5 Å². The Hall–Kier alpha value is -2.35. The van der Waals surface area contributed by atoms with Crippen LogP contribution in [0.3, 0.4) is 0 Å². The van der Waals surface area contributed by atoms with Crippen LogP contribution in [0.4, 0.5) is 5.69 Å². The third-order valence-corrected chi connectivity index (χ3v) is 4.23. The van der Waals surface area contributed by atoms with Gasteiger partial charge in [-0.2, -0.15) is 0 Å². The van der Waals surface area contributed by atoms with E-state index in [9.17, 15) is 9.59 Å². The third-order valence-electron chi connectivity index (χ3n) is 4.23. The molecule has 1 aliphatic heterocycles. The highest BCUT2D eigenvalue weighted by Crippen LogP contribution is 2.30. The number of benzene rings is 1. The van der Waals surface area contributed by atoms with Crippen molar-refractivity contribution in [2.24, 2.45) is 5.92 Å². The topological polar surface area (TPSA) is 92.4 Å². The number of hydrogen-bond donors (Lipinski definition) is 3. The lowest BCUT2D eigenvalue weighted by Crippen LogP contribution is -2.37. The van der Waals surface area contributed by atoms with Crippen LogP contribution in [0, 0.1) is 5.92 Å². The summed E-state index contributed by atoms with van der Waals surface area (Å²) < 4.78 is 5.88. The normalized spacial score (nSPS) is 15.4. The van der Waals surface area contributed by atoms with Crippen LogP contribution in [0.25, 0.3) is 0 Å². The van der Waals surface area contributed by atoms with E-state index in [-0.39, 0.29) is 48.2 Å². The molecule has 0 radical (unpaired) electrons. The summed E-state index contributed by atoms with van der Waals surface area (Å²) >= 11 is 0. The number of halogens is 2. The van der Waals surface area contributed by atoms with E-state index < -0.39 is 0 Å². The second-order valence-electron chi connectivity index (χ2n) is 6.09. The first kappa shape index (κ1) is 23.7. The lowest BCUT2D eigenvalue weighted by Gasteiger charge is -2.22. The van der Waals surface area contributed by atoms with Crippen molar-refractivity contribution in [3.63, 3.8) is 0 Å². The molecule has 1 atom stereocenters. The minimum Gasteiger partial charge on any atom is -0.455 e. The number of aromatic nitrogens is 1. The van der Waals surface area contributed by atoms with Gasteiger partial charge in [0, 0.05) is 25.9 Å². The number of ether oxygens (including phenoxy) is 1. The summed E-state index contributed by atoms with van der Waals surface area (Å²) in [5.41, 5.74) is 0.862. The van der Waals surface area contributed by atoms with E-state index >= 15 is 0 Å². The Morgan fingerprint density at radius 3 is 2.71 bits per heavy atom. The minimum absolute atomic E-state index is 0. The fourth-order valence-corrected chi connectivity index (χ4v) is 2.82. The molecule has 0 spiro atoms. The van der Waals surface area contributed by atoms with Crippen LogP contribution < -0.4 is 20.7 Å². The average molecular weight is 427 g/mol. The smallest absolute Gasteiger partial charge is 0.269 e. The van der Waals surface area contributed by atoms with Crippen molar-refractivity contribution in [1.82, 2.24) is 15.6 Å². The number of amides is 2. The molecule has 28 heavy (non-hydrogen) atoms. The molecule has 0 bridgehead atoms. The van der Waals surface area contributed by atoms with Crippen molar-refractivity contribution in [1.29, 1.82) is 0 Å². The van der Waals surface area contributed by atoms with E-state index in [2.05, 4.69) is 20.9 Å². The predicted octanol–water partition coefficient (Wildman–Crippen LogP) is 3.02. The van der Waals surface area contributed by atoms with Crippen LogP contribution in [0.1, 0.15) is 23.3 Å². The molecule has 3 rings (SSSR count). The average Bonchev–Trinajstić information content (AvgIpc) is 2.69. The molecule has 1 saturated heterocycles. The maximum absolute atomic E-state index is 12.5. The fourth-order valence-electron chi connectivity index (χ4n) is 2.82. The van der Waals surface area contributed by atoms with Gasteiger partial charge < -0.3 is 20.7 Å². The van der Waals surface area contributed by atoms with Gasteiger partial charge in [-0.1, -0.05) is 12.1 Å². The highest BCUT2D eigenvalue weighted by atomic mass is 35.5. The summed E-state index contributed by atoms with van der Waals surface area (Å²) in [5, 5.41) is 8.72. The highest BCUT2D eigenvalue weighted by molar-refractivity contribution is 5.94. The monoisotopic (exact) mass is 426 g/mol. The first-order valence-corrected chi connectivity index (χ1v) is 8.64. The molecule has 1 aromatic carbocycles. The lowest BCUT2D eigenvalue weighted by molar-refractivity contribution is -0.120. The maximum Gasteiger partial charge on any atom is 0.269 e. The van der Waals surface area contributed by atoms with Gasteiger partial charge in [0.1, 0.15) is 11.4 Å². The Morgan fingerprint density at radius 1 is 1.21 bits per heavy atom. The van der Waals surface area contributed by atoms with Crippen molar-refractivity contribution >= 4 is 42.3 Å². The Balaban J connectivity index is 0.00000196. The van der Waals surface area contributed by atoms with Crippen LogP contribution in [-0.2, 0) is 4.79 Å². The molecule has 0 saturated carbocycles. The van der Waals surface area contributed by atoms with E-state index in [0.29, 0.717) is 23.7 Å². The van der Waals surface area contributed by atoms with Gasteiger partial charge >= 0.3 is 0 Å². The molecule has 9 heteroatoms. The highest BCUT2D eigenvalue weighted by Gasteiger charge is 2.21. The van der Waals surface area contributed by atoms with Gasteiger partial charge in [0.2, 0.25) is 5.91 Å². The van der Waals surface area contributed by atoms with Gasteiger partial charge in [0.05, 0.1) is 11.6 Å². The van der Waals surface area contributed by atoms with Crippen LogP contribution in [-0.4, -0.2) is 36.9 Å². The number of para-hydroxylation sites is 2. The molecular formula is C19H24Cl2N4O3. The largest absolute Gasteiger partial charge is 0.455 e. The molecule has 0 aliphatic carbocycles. The van der Waals surface area contributed by atoms with Crippen molar-refractivity contribution in [2.75, 3.05) is 25.5 Å². The Morgan fingerprint density at radius 2 is 2.00 bits per heavy atom. The summed E-state index contributed by atoms with van der Waals surface area (Å²) in [6.45, 7) is 1.65. The van der Waals surface area contributed by atoms with Gasteiger partial charge in [0.15, 0.2) is 5.75 Å². The van der Waals surface area contributed by atoms with Crippen LogP contribution in [0.15, 0.2) is 42.6 Å². The number of anilines is 1. The maximum atomic E-state index is 12.5. The van der Waals surface area contributed by atoms with E-state index in [1.165, 1.54) is 6.20 Å². The number of rotatable bonds is 5. The lowest BCUT2D eigenvalue weighted by atomic mass is 9.99. The first-order valence-electron chi connectivity index (χ1n) is 8.64. The molecule has 3 N–H and O–H groups in total. The van der Waals surface area contributed by atoms with E-state index in [1.807, 2.05) is 12.1 Å². The number of hydrogen-bond acceptors (Lipinski definition) is 5. The predicted molar refractivity (Wildman–Crippen MR) is 113 cm³/mol. The molecule has 2 aromatic rings. The Labute approximate surface area is 176 Å². The second kappa shape index (κ2) is 11.5. The standard InChI is InChI=1S/C19H22N4O3.2ClH/c1-20-19(25)16-11-14(8-10-22-16)26-17-7-3-2-6-15(17)23-18(24)13-5-4-9-21-12-13;;/h2-3,6-8,10-11,13,21H,4-5,9,12H2,1H3,(H,20,25)(H,23,24);2*1H. The summed E-state index contributed by atoms with van der Waals surface area (Å²) in [6.07, 6.45) is 3.38. The Kier molecular flexibility index (Phi) is 9.72. The van der Waals surface area contributed by atoms with Gasteiger partial charge in [-0.25, -0.2) is 0 Å². The molecule has 2 heterocycles. The van der Waals surface area contributed by atoms with Crippen molar-refractivity contribution in [3.05, 3.63) is 48.3 Å². The number of carbonyl (C=O) groups is 2. The number of nitrogens with one attached hydrogen (secondary N) is 3. The van der Waals surface area contributed by atoms with Crippen molar-refractivity contribution in [3.8, 4) is 11.5 Å². The molecule has 1 aliphatic rings. The van der Waals surface area contributed by atoms with E-state index in [4.69, 9.17) is 4.74 Å². The zero-order valence-corrected chi connectivity index (χ0v) is 17.1. The van der Waals surface area contributed by atoms with Gasteiger partial charge in [-0.05, 0) is 37.6 Å². The molecule has 1 unspecified atom stereocenters. The number of nitrogens with zero attached hydrogens (tertiary/aromatic N) is 1. The van der Waals surface area contributed by atoms with Gasteiger partial charge in [-0.15, -0.1) is 24.8 Å². The van der Waals surface area contributed by atoms with Gasteiger partial charge in [-0.3, -0.25) is 14.6 Å². The fraction of sp³-hybridized carbons (Fsp3) is 0.316. The molecule has 2 amide bonds. The summed E-state index contributed by atoms with van der Waals surface area (Å²) in [7, 11) is 1.54. The molecule has 1 aromatic heterocycles. The number of carbonyl (C=O) groups excluding carboxylic acids is 2. The SMILES string of the molecule is CNC(=O)c1cc(Oc2ccccc2NC(=O)C2CCCNC2)ccn1.Cl.Cl. The summed E-state index contributed by atoms with van der Waals surface area (Å²) in [6, 6.07) is 10.5. The van der Waals surface area contributed by atoms with Crippen LogP contribution >= 0.6 is 24.8 Å². The molecular weight excluding hydrogens is 403 g/mol. The van der Waals surface area contributed by atoms with E-state index in [1.54, 1.807) is 31.3 Å². The molecule has 1 fully saturated rings. The zero-order valence-electron chi connectivity index (χ0n) is 15.4. The minimum atomic E-state index is -0.290. The van der Waals surface area contributed by atoms with Crippen LogP contribution in [0.2, 0.25) is 0 Å². The Bertz CT molecular complexity index is 798. The summed E-state index contributed by atoms with van der Waals surface area (Å²) in [4.78, 5) is 28.2. The zero-order chi connectivity index (χ0) is 18.4. The van der Waals surface area contributed by atoms with E-state index in [0.717, 1.165) is 19.4 Å². The van der Waals surface area contributed by atoms with Crippen molar-refractivity contribution < 1.29 is 14.3 Å². The second-order valence-corrected chi connectivity index (χ2v) is 6.09. The number of piperidine rings is 1. The number of pyridine rings is 1. The van der Waals surface area contributed by atoms with Crippen molar-refractivity contribution in [2.45, 2.75) is 12.8 Å². The van der Waals surface area contributed by atoms with Gasteiger partial charge in [0.25, 0.3) is 5.91 Å². The third kappa shape index (κ3) is 6.09. The first-order chi connectivity index (χ1) is 12.7. The molecule has 7 nitrogen and oxygen atoms in total.